The van der Waals surface area contributed by atoms with Gasteiger partial charge in [0.15, 0.2) is 18.3 Å². The highest BCUT2D eigenvalue weighted by molar-refractivity contribution is 8.01. The molecule has 2 aliphatic rings. The van der Waals surface area contributed by atoms with E-state index >= 15 is 0 Å². The monoisotopic (exact) mass is 705 g/mol. The predicted molar refractivity (Wildman–Crippen MR) is 186 cm³/mol. The lowest BCUT2D eigenvalue weighted by Crippen LogP contribution is -2.65. The van der Waals surface area contributed by atoms with E-state index in [0.717, 1.165) is 18.0 Å². The molecule has 0 aliphatic carbocycles. The highest BCUT2D eigenvalue weighted by atomic mass is 32.2. The first-order chi connectivity index (χ1) is 23.5. The van der Waals surface area contributed by atoms with E-state index in [-0.39, 0.29) is 23.1 Å². The van der Waals surface area contributed by atoms with Gasteiger partial charge in [-0.2, -0.15) is 0 Å². The number of nitrogens with one attached hydrogen (secondary N) is 1. The van der Waals surface area contributed by atoms with Crippen LogP contribution >= 0.6 is 11.8 Å². The number of hydrogen-bond donors (Lipinski definition) is 1. The number of hydrogen-bond acceptors (Lipinski definition) is 10. The summed E-state index contributed by atoms with van der Waals surface area (Å²) < 4.78 is 41.1. The smallest absolute Gasteiger partial charge is 0.338 e. The third kappa shape index (κ3) is 9.33. The fourth-order valence-electron chi connectivity index (χ4n) is 5.31. The molecule has 3 aromatic rings. The second kappa shape index (κ2) is 16.5. The van der Waals surface area contributed by atoms with Crippen molar-refractivity contribution in [1.82, 2.24) is 4.72 Å². The van der Waals surface area contributed by atoms with Crippen LogP contribution in [0.3, 0.4) is 0 Å². The van der Waals surface area contributed by atoms with Gasteiger partial charge < -0.3 is 23.7 Å². The summed E-state index contributed by atoms with van der Waals surface area (Å²) in [5, 5.41) is -0.609. The van der Waals surface area contributed by atoms with E-state index in [0.29, 0.717) is 6.42 Å². The minimum atomic E-state index is -1.59. The molecule has 3 aromatic carbocycles. The zero-order valence-corrected chi connectivity index (χ0v) is 29.0. The quantitative estimate of drug-likeness (QED) is 0.132. The fourth-order valence-corrected chi connectivity index (χ4v) is 7.36. The second-order valence-electron chi connectivity index (χ2n) is 12.5. The van der Waals surface area contributed by atoms with Crippen LogP contribution in [-0.2, 0) is 34.7 Å². The van der Waals surface area contributed by atoms with E-state index in [9.17, 15) is 23.4 Å². The average Bonchev–Trinajstić information content (AvgIpc) is 3.11. The number of carbonyl (C=O) groups excluding carboxylic acids is 4. The number of aldehydes is 1. The maximum Gasteiger partial charge on any atom is 0.338 e. The molecule has 0 amide bonds. The molecule has 2 aliphatic heterocycles. The molecule has 1 N–H and O–H groups in total. The molecule has 0 spiro atoms. The number of benzene rings is 3. The van der Waals surface area contributed by atoms with Crippen molar-refractivity contribution < 1.29 is 42.3 Å². The van der Waals surface area contributed by atoms with Gasteiger partial charge in [0.05, 0.1) is 43.7 Å². The molecule has 5 rings (SSSR count). The number of allylic oxidation sites excluding steroid dienone is 1. The van der Waals surface area contributed by atoms with Crippen LogP contribution in [0.15, 0.2) is 103 Å². The predicted octanol–water partition coefficient (Wildman–Crippen LogP) is 5.46. The van der Waals surface area contributed by atoms with Crippen molar-refractivity contribution in [1.29, 1.82) is 0 Å². The van der Waals surface area contributed by atoms with Crippen LogP contribution in [-0.4, -0.2) is 74.3 Å². The molecule has 1 fully saturated rings. The maximum atomic E-state index is 13.7. The van der Waals surface area contributed by atoms with Gasteiger partial charge in [0.1, 0.15) is 17.8 Å². The van der Waals surface area contributed by atoms with Crippen molar-refractivity contribution in [3.05, 3.63) is 120 Å². The van der Waals surface area contributed by atoms with Crippen molar-refractivity contribution in [2.45, 2.75) is 79.5 Å². The highest BCUT2D eigenvalue weighted by Gasteiger charge is 2.55. The van der Waals surface area contributed by atoms with E-state index in [4.69, 9.17) is 18.9 Å². The lowest BCUT2D eigenvalue weighted by Gasteiger charge is -2.47. The lowest BCUT2D eigenvalue weighted by atomic mass is 9.92. The summed E-state index contributed by atoms with van der Waals surface area (Å²) in [5.74, 6) is -2.22. The number of ether oxygens (including phenoxy) is 4. The van der Waals surface area contributed by atoms with E-state index in [1.54, 1.807) is 91.0 Å². The summed E-state index contributed by atoms with van der Waals surface area (Å²) in [4.78, 5) is 53.3. The largest absolute Gasteiger partial charge is 0.452 e. The van der Waals surface area contributed by atoms with Crippen molar-refractivity contribution in [2.24, 2.45) is 0 Å². The molecule has 10 nitrogen and oxygen atoms in total. The lowest BCUT2D eigenvalue weighted by molar-refractivity contribution is -0.205. The van der Waals surface area contributed by atoms with Gasteiger partial charge in [-0.05, 0) is 70.0 Å². The number of fused-ring (bicyclic) bond motifs is 2. The minimum absolute atomic E-state index is 0.217. The van der Waals surface area contributed by atoms with Gasteiger partial charge >= 0.3 is 17.9 Å². The molecule has 0 saturated carbocycles. The summed E-state index contributed by atoms with van der Waals surface area (Å²) in [6.07, 6.45) is -0.0961. The summed E-state index contributed by atoms with van der Waals surface area (Å²) in [5.41, 5.74) is -0.384. The number of rotatable bonds is 9. The van der Waals surface area contributed by atoms with Crippen LogP contribution in [0.5, 0.6) is 0 Å². The Hall–Kier alpha value is -4.10. The molecule has 1 unspecified atom stereocenters. The van der Waals surface area contributed by atoms with E-state index in [1.165, 1.54) is 0 Å². The van der Waals surface area contributed by atoms with Crippen molar-refractivity contribution in [3.63, 3.8) is 0 Å². The standard InChI is InChI=1S/C37H39NO9S2/c1-37(2,3)49(43)38-28-22-14-13-21-27(23-39)48-36-32(46-35(42)26-19-11-6-12-20-26)31(45-34(41)25-17-9-5-10-18-25)30(29(28)47-36)44-33(40)24-15-7-4-8-16-24/h4-20,23,27-32,36,38H,21-22H2,1-3H3/b14-13-/t27?,28-,29-,30+,31+,32-,36-,49-/m1/s1. The molecule has 0 aromatic heterocycles. The van der Waals surface area contributed by atoms with Gasteiger partial charge in [-0.15, -0.1) is 11.8 Å². The van der Waals surface area contributed by atoms with Crippen LogP contribution in [0.4, 0.5) is 0 Å². The summed E-state index contributed by atoms with van der Waals surface area (Å²) in [6.45, 7) is 5.45. The molecule has 8 atom stereocenters. The van der Waals surface area contributed by atoms with Gasteiger partial charge in [0.25, 0.3) is 0 Å². The third-order valence-corrected chi connectivity index (χ3v) is 10.8. The molecule has 12 heteroatoms. The second-order valence-corrected chi connectivity index (χ2v) is 15.9. The Morgan fingerprint density at radius 3 is 1.65 bits per heavy atom. The van der Waals surface area contributed by atoms with Crippen molar-refractivity contribution >= 4 is 46.9 Å². The Labute approximate surface area is 292 Å². The van der Waals surface area contributed by atoms with Gasteiger partial charge in [-0.1, -0.05) is 66.7 Å². The Morgan fingerprint density at radius 2 is 1.18 bits per heavy atom. The molecular formula is C37H39NO9S2. The SMILES string of the molecule is CC(C)(C)[S@@](=O)N[C@@H]1C/C=C\CC(C=O)S[C@H]2O[C@H]1[C@H](OC(=O)c1ccccc1)[C@H](OC(=O)c1ccccc1)[C@H]2OC(=O)c1ccccc1. The molecule has 2 heterocycles. The van der Waals surface area contributed by atoms with Gasteiger partial charge in [-0.25, -0.2) is 23.3 Å². The number of carbonyl (C=O) groups is 4. The summed E-state index contributed by atoms with van der Waals surface area (Å²) >= 11 is 1.10. The highest BCUT2D eigenvalue weighted by Crippen LogP contribution is 2.39. The molecular weight excluding hydrogens is 667 g/mol. The Balaban J connectivity index is 1.64. The van der Waals surface area contributed by atoms with Crippen LogP contribution in [0, 0.1) is 0 Å². The fraction of sp³-hybridized carbons (Fsp3) is 0.351. The molecule has 258 valence electrons. The Morgan fingerprint density at radius 1 is 0.735 bits per heavy atom. The third-order valence-electron chi connectivity index (χ3n) is 7.89. The van der Waals surface area contributed by atoms with E-state index in [2.05, 4.69) is 4.72 Å². The van der Waals surface area contributed by atoms with Crippen LogP contribution in [0.25, 0.3) is 0 Å². The first kappa shape index (κ1) is 36.2. The zero-order valence-electron chi connectivity index (χ0n) is 27.3. The average molecular weight is 706 g/mol. The van der Waals surface area contributed by atoms with Gasteiger partial charge in [0.2, 0.25) is 0 Å². The van der Waals surface area contributed by atoms with Crippen molar-refractivity contribution in [3.8, 4) is 0 Å². The normalized spacial score (nSPS) is 26.7. The molecule has 49 heavy (non-hydrogen) atoms. The number of esters is 3. The van der Waals surface area contributed by atoms with E-state index < -0.39 is 74.8 Å². The van der Waals surface area contributed by atoms with E-state index in [1.807, 2.05) is 32.9 Å². The number of thioether (sulfide) groups is 1. The first-order valence-electron chi connectivity index (χ1n) is 15.9. The topological polar surface area (TPSA) is 134 Å². The first-order valence-corrected chi connectivity index (χ1v) is 18.0. The Kier molecular flexibility index (Phi) is 12.2. The van der Waals surface area contributed by atoms with Crippen LogP contribution < -0.4 is 4.72 Å². The summed E-state index contributed by atoms with van der Waals surface area (Å²) in [6, 6.07) is 24.1. The summed E-state index contributed by atoms with van der Waals surface area (Å²) in [7, 11) is -1.59. The van der Waals surface area contributed by atoms with Gasteiger partial charge in [0, 0.05) is 0 Å². The zero-order chi connectivity index (χ0) is 35.0. The van der Waals surface area contributed by atoms with Crippen molar-refractivity contribution in [2.75, 3.05) is 0 Å². The van der Waals surface area contributed by atoms with Gasteiger partial charge in [-0.3, -0.25) is 0 Å². The van der Waals surface area contributed by atoms with Crippen LogP contribution in [0.1, 0.15) is 64.7 Å². The minimum Gasteiger partial charge on any atom is -0.452 e. The molecule has 1 saturated heterocycles. The maximum absolute atomic E-state index is 13.7. The molecule has 0 radical (unpaired) electrons. The van der Waals surface area contributed by atoms with Crippen LogP contribution in [0.2, 0.25) is 0 Å². The molecule has 2 bridgehead atoms. The Bertz CT molecular complexity index is 1650.